The first kappa shape index (κ1) is 14.3. The zero-order valence-corrected chi connectivity index (χ0v) is 11.9. The molecule has 2 aromatic rings. The summed E-state index contributed by atoms with van der Waals surface area (Å²) in [6, 6.07) is 15.0. The number of ether oxygens (including phenoxy) is 1. The van der Waals surface area contributed by atoms with E-state index in [0.29, 0.717) is 17.1 Å². The van der Waals surface area contributed by atoms with Crippen molar-refractivity contribution in [2.75, 3.05) is 5.75 Å². The van der Waals surface area contributed by atoms with Crippen LogP contribution in [-0.2, 0) is 0 Å². The number of hydrogen-bond acceptors (Lipinski definition) is 4. The highest BCUT2D eigenvalue weighted by atomic mass is 32.2. The van der Waals surface area contributed by atoms with Crippen LogP contribution in [0.5, 0.6) is 11.5 Å². The lowest BCUT2D eigenvalue weighted by Gasteiger charge is -2.13. The second-order valence-corrected chi connectivity index (χ2v) is 5.27. The highest BCUT2D eigenvalue weighted by Gasteiger charge is 2.14. The Morgan fingerprint density at radius 1 is 1.20 bits per heavy atom. The predicted octanol–water partition coefficient (Wildman–Crippen LogP) is 3.69. The Kier molecular flexibility index (Phi) is 4.90. The Morgan fingerprint density at radius 3 is 2.60 bits per heavy atom. The van der Waals surface area contributed by atoms with Crippen LogP contribution in [0.25, 0.3) is 0 Å². The van der Waals surface area contributed by atoms with Gasteiger partial charge in [-0.2, -0.15) is 0 Å². The number of thioether (sulfide) groups is 1. The summed E-state index contributed by atoms with van der Waals surface area (Å²) in [5, 5.41) is 12.1. The molecule has 2 rings (SSSR count). The van der Waals surface area contributed by atoms with Crippen LogP contribution in [0.3, 0.4) is 0 Å². The van der Waals surface area contributed by atoms with Crippen molar-refractivity contribution in [2.24, 2.45) is 10.9 Å². The summed E-state index contributed by atoms with van der Waals surface area (Å²) >= 11 is 1.62. The van der Waals surface area contributed by atoms with E-state index >= 15 is 0 Å². The van der Waals surface area contributed by atoms with Gasteiger partial charge < -0.3 is 15.7 Å². The molecule has 5 heteroatoms. The lowest BCUT2D eigenvalue weighted by molar-refractivity contribution is 0.318. The maximum atomic E-state index is 8.97. The number of nitrogens with two attached hydrogens (primary N) is 1. The third-order valence-corrected chi connectivity index (χ3v) is 3.56. The Balaban J connectivity index is 2.44. The molecule has 0 atom stereocenters. The van der Waals surface area contributed by atoms with Crippen LogP contribution in [-0.4, -0.2) is 16.8 Å². The van der Waals surface area contributed by atoms with Crippen LogP contribution >= 0.6 is 11.8 Å². The van der Waals surface area contributed by atoms with E-state index in [1.807, 2.05) is 49.4 Å². The summed E-state index contributed by atoms with van der Waals surface area (Å²) in [5.41, 5.74) is 6.40. The van der Waals surface area contributed by atoms with E-state index in [4.69, 9.17) is 15.7 Å². The summed E-state index contributed by atoms with van der Waals surface area (Å²) < 4.78 is 5.83. The van der Waals surface area contributed by atoms with Crippen LogP contribution in [0.15, 0.2) is 58.6 Å². The first-order chi connectivity index (χ1) is 9.76. The van der Waals surface area contributed by atoms with Crippen molar-refractivity contribution in [1.29, 1.82) is 0 Å². The van der Waals surface area contributed by atoms with E-state index in [1.165, 1.54) is 0 Å². The van der Waals surface area contributed by atoms with Gasteiger partial charge in [0.25, 0.3) is 0 Å². The molecule has 0 aliphatic carbocycles. The number of nitrogens with zero attached hydrogens (tertiary/aromatic N) is 1. The topological polar surface area (TPSA) is 67.8 Å². The lowest BCUT2D eigenvalue weighted by Crippen LogP contribution is -2.15. The number of oxime groups is 1. The minimum Gasteiger partial charge on any atom is -0.457 e. The molecule has 3 N–H and O–H groups in total. The second kappa shape index (κ2) is 6.86. The Labute approximate surface area is 122 Å². The molecule has 4 nitrogen and oxygen atoms in total. The molecule has 0 spiro atoms. The van der Waals surface area contributed by atoms with Crippen LogP contribution in [0, 0.1) is 0 Å². The Bertz CT molecular complexity index is 600. The van der Waals surface area contributed by atoms with Crippen LogP contribution in [0.1, 0.15) is 12.5 Å². The largest absolute Gasteiger partial charge is 0.457 e. The van der Waals surface area contributed by atoms with Gasteiger partial charge in [-0.15, -0.1) is 11.8 Å². The van der Waals surface area contributed by atoms with Gasteiger partial charge in [0.2, 0.25) is 0 Å². The number of para-hydroxylation sites is 1. The maximum absolute atomic E-state index is 8.97. The first-order valence-electron chi connectivity index (χ1n) is 6.23. The Hall–Kier alpha value is -2.14. The van der Waals surface area contributed by atoms with E-state index in [0.717, 1.165) is 10.6 Å². The smallest absolute Gasteiger partial charge is 0.175 e. The highest BCUT2D eigenvalue weighted by molar-refractivity contribution is 7.99. The average Bonchev–Trinajstić information content (AvgIpc) is 2.48. The summed E-state index contributed by atoms with van der Waals surface area (Å²) in [7, 11) is 0. The van der Waals surface area contributed by atoms with E-state index < -0.39 is 0 Å². The molecule has 0 amide bonds. The van der Waals surface area contributed by atoms with Crippen molar-refractivity contribution >= 4 is 17.6 Å². The van der Waals surface area contributed by atoms with Crippen molar-refractivity contribution in [2.45, 2.75) is 11.8 Å². The quantitative estimate of drug-likeness (QED) is 0.289. The summed E-state index contributed by atoms with van der Waals surface area (Å²) in [5.74, 6) is 2.22. The molecule has 0 aliphatic rings. The molecule has 0 heterocycles. The fourth-order valence-electron chi connectivity index (χ4n) is 1.79. The minimum atomic E-state index is 0.0486. The number of rotatable bonds is 5. The fraction of sp³-hybridized carbons (Fsp3) is 0.133. The zero-order chi connectivity index (χ0) is 14.4. The van der Waals surface area contributed by atoms with Gasteiger partial charge in [-0.05, 0) is 30.0 Å². The zero-order valence-electron chi connectivity index (χ0n) is 11.1. The van der Waals surface area contributed by atoms with Gasteiger partial charge in [0, 0.05) is 4.90 Å². The number of benzene rings is 2. The molecule has 104 valence electrons. The molecule has 20 heavy (non-hydrogen) atoms. The monoisotopic (exact) mass is 288 g/mol. The third-order valence-electron chi connectivity index (χ3n) is 2.62. The van der Waals surface area contributed by atoms with Crippen molar-refractivity contribution in [3.63, 3.8) is 0 Å². The van der Waals surface area contributed by atoms with Gasteiger partial charge in [-0.1, -0.05) is 36.3 Å². The van der Waals surface area contributed by atoms with Crippen molar-refractivity contribution in [1.82, 2.24) is 0 Å². The standard InChI is InChI=1S/C15H16N2O2S/c1-2-20-13-10-6-9-12(14(13)15(16)17-18)19-11-7-4-3-5-8-11/h3-10,18H,2H2,1H3,(H2,16,17). The SMILES string of the molecule is CCSc1cccc(Oc2ccccc2)c1/C(N)=N/O. The van der Waals surface area contributed by atoms with E-state index in [-0.39, 0.29) is 5.84 Å². The molecule has 0 bridgehead atoms. The van der Waals surface area contributed by atoms with Gasteiger partial charge in [0.1, 0.15) is 11.5 Å². The molecule has 0 saturated heterocycles. The summed E-state index contributed by atoms with van der Waals surface area (Å²) in [6.07, 6.45) is 0. The van der Waals surface area contributed by atoms with Gasteiger partial charge in [0.15, 0.2) is 5.84 Å². The van der Waals surface area contributed by atoms with Gasteiger partial charge >= 0.3 is 0 Å². The number of amidine groups is 1. The van der Waals surface area contributed by atoms with Gasteiger partial charge in [0.05, 0.1) is 5.56 Å². The summed E-state index contributed by atoms with van der Waals surface area (Å²) in [4.78, 5) is 0.927. The molecule has 0 aliphatic heterocycles. The molecule has 0 fully saturated rings. The maximum Gasteiger partial charge on any atom is 0.175 e. The molecule has 0 aromatic heterocycles. The van der Waals surface area contributed by atoms with Crippen molar-refractivity contribution in [3.05, 3.63) is 54.1 Å². The normalized spacial score (nSPS) is 11.3. The molecule has 0 unspecified atom stereocenters. The van der Waals surface area contributed by atoms with Crippen molar-refractivity contribution in [3.8, 4) is 11.5 Å². The van der Waals surface area contributed by atoms with Crippen LogP contribution in [0.2, 0.25) is 0 Å². The first-order valence-corrected chi connectivity index (χ1v) is 7.21. The highest BCUT2D eigenvalue weighted by Crippen LogP contribution is 2.32. The molecular weight excluding hydrogens is 272 g/mol. The molecule has 0 saturated carbocycles. The summed E-state index contributed by atoms with van der Waals surface area (Å²) in [6.45, 7) is 2.05. The fourth-order valence-corrected chi connectivity index (χ4v) is 2.63. The van der Waals surface area contributed by atoms with Gasteiger partial charge in [-0.3, -0.25) is 0 Å². The van der Waals surface area contributed by atoms with E-state index in [1.54, 1.807) is 17.8 Å². The van der Waals surface area contributed by atoms with E-state index in [9.17, 15) is 0 Å². The third kappa shape index (κ3) is 3.24. The minimum absolute atomic E-state index is 0.0486. The van der Waals surface area contributed by atoms with Gasteiger partial charge in [-0.25, -0.2) is 0 Å². The molecular formula is C15H16N2O2S. The Morgan fingerprint density at radius 2 is 1.95 bits per heavy atom. The van der Waals surface area contributed by atoms with E-state index in [2.05, 4.69) is 5.16 Å². The van der Waals surface area contributed by atoms with Crippen molar-refractivity contribution < 1.29 is 9.94 Å². The average molecular weight is 288 g/mol. The van der Waals surface area contributed by atoms with Crippen LogP contribution in [0.4, 0.5) is 0 Å². The number of hydrogen-bond donors (Lipinski definition) is 2. The second-order valence-electron chi connectivity index (χ2n) is 3.96. The predicted molar refractivity (Wildman–Crippen MR) is 81.9 cm³/mol. The lowest BCUT2D eigenvalue weighted by atomic mass is 10.2. The molecule has 2 aromatic carbocycles. The van der Waals surface area contributed by atoms with Crippen LogP contribution < -0.4 is 10.5 Å². The molecule has 0 radical (unpaired) electrons.